The van der Waals surface area contributed by atoms with Gasteiger partial charge in [-0.05, 0) is 18.2 Å². The van der Waals surface area contributed by atoms with Crippen LogP contribution in [0.2, 0.25) is 4.34 Å². The van der Waals surface area contributed by atoms with Gasteiger partial charge in [0.1, 0.15) is 11.3 Å². The molecule has 0 spiro atoms. The monoisotopic (exact) mass is 291 g/mol. The third kappa shape index (κ3) is 2.18. The molecule has 2 nitrogen and oxygen atoms in total. The number of rotatable bonds is 3. The Morgan fingerprint density at radius 3 is 2.74 bits per heavy atom. The first-order valence-electron chi connectivity index (χ1n) is 6.21. The molecule has 1 unspecified atom stereocenters. The highest BCUT2D eigenvalue weighted by atomic mass is 35.5. The molecule has 98 valence electrons. The number of nitrogens with two attached hydrogens (primary N) is 1. The summed E-state index contributed by atoms with van der Waals surface area (Å²) in [7, 11) is 0. The Hall–Kier alpha value is -1.29. The fraction of sp³-hybridized carbons (Fsp3) is 0.200. The van der Waals surface area contributed by atoms with E-state index < -0.39 is 0 Å². The highest BCUT2D eigenvalue weighted by molar-refractivity contribution is 7.16. The molecule has 0 saturated carbocycles. The molecular weight excluding hydrogens is 278 g/mol. The molecule has 4 heteroatoms. The van der Waals surface area contributed by atoms with Crippen molar-refractivity contribution in [2.45, 2.75) is 19.4 Å². The zero-order valence-electron chi connectivity index (χ0n) is 10.5. The molecule has 2 aromatic heterocycles. The second-order valence-corrected chi connectivity index (χ2v) is 6.15. The average molecular weight is 292 g/mol. The number of hydrogen-bond donors (Lipinski definition) is 1. The Morgan fingerprint density at radius 2 is 2.05 bits per heavy atom. The van der Waals surface area contributed by atoms with E-state index in [2.05, 4.69) is 13.0 Å². The van der Waals surface area contributed by atoms with E-state index >= 15 is 0 Å². The third-order valence-corrected chi connectivity index (χ3v) is 4.56. The van der Waals surface area contributed by atoms with Crippen LogP contribution in [0, 0.1) is 0 Å². The molecule has 19 heavy (non-hydrogen) atoms. The van der Waals surface area contributed by atoms with E-state index in [9.17, 15) is 0 Å². The molecule has 3 aromatic rings. The van der Waals surface area contributed by atoms with Crippen molar-refractivity contribution in [3.05, 3.63) is 56.9 Å². The van der Waals surface area contributed by atoms with Gasteiger partial charge < -0.3 is 10.2 Å². The maximum atomic E-state index is 6.41. The van der Waals surface area contributed by atoms with E-state index in [4.69, 9.17) is 21.8 Å². The van der Waals surface area contributed by atoms with Crippen LogP contribution >= 0.6 is 22.9 Å². The first-order valence-corrected chi connectivity index (χ1v) is 7.41. The molecule has 0 radical (unpaired) electrons. The normalized spacial score (nSPS) is 13.0. The maximum Gasteiger partial charge on any atom is 0.134 e. The van der Waals surface area contributed by atoms with Crippen molar-refractivity contribution in [1.29, 1.82) is 0 Å². The molecule has 0 amide bonds. The number of halogens is 1. The van der Waals surface area contributed by atoms with E-state index in [1.165, 1.54) is 11.3 Å². The van der Waals surface area contributed by atoms with Gasteiger partial charge in [-0.3, -0.25) is 0 Å². The lowest BCUT2D eigenvalue weighted by atomic mass is 10.0. The van der Waals surface area contributed by atoms with Gasteiger partial charge in [0.2, 0.25) is 0 Å². The van der Waals surface area contributed by atoms with Crippen LogP contribution in [0.4, 0.5) is 0 Å². The topological polar surface area (TPSA) is 39.2 Å². The van der Waals surface area contributed by atoms with Crippen molar-refractivity contribution in [3.63, 3.8) is 0 Å². The molecule has 1 atom stereocenters. The molecule has 2 heterocycles. The van der Waals surface area contributed by atoms with Crippen molar-refractivity contribution >= 4 is 33.9 Å². The van der Waals surface area contributed by atoms with Crippen molar-refractivity contribution in [2.75, 3.05) is 0 Å². The summed E-state index contributed by atoms with van der Waals surface area (Å²) in [6.07, 6.45) is 0.830. The highest BCUT2D eigenvalue weighted by Crippen LogP contribution is 2.36. The molecule has 0 aliphatic heterocycles. The molecule has 2 N–H and O–H groups in total. The number of fused-ring (bicyclic) bond motifs is 1. The molecule has 0 aliphatic carbocycles. The zero-order chi connectivity index (χ0) is 13.4. The van der Waals surface area contributed by atoms with Gasteiger partial charge >= 0.3 is 0 Å². The average Bonchev–Trinajstić information content (AvgIpc) is 3.01. The minimum Gasteiger partial charge on any atom is -0.461 e. The van der Waals surface area contributed by atoms with Crippen LogP contribution in [0.5, 0.6) is 0 Å². The first kappa shape index (κ1) is 12.7. The lowest BCUT2D eigenvalue weighted by Gasteiger charge is -2.10. The Balaban J connectivity index is 2.17. The molecule has 0 fully saturated rings. The molecular formula is C15H14ClNOS. The lowest BCUT2D eigenvalue weighted by Crippen LogP contribution is -2.11. The van der Waals surface area contributed by atoms with E-state index in [1.54, 1.807) is 0 Å². The van der Waals surface area contributed by atoms with E-state index in [1.807, 2.05) is 30.3 Å². The number of hydrogen-bond acceptors (Lipinski definition) is 3. The maximum absolute atomic E-state index is 6.41. The minimum absolute atomic E-state index is 0.184. The Morgan fingerprint density at radius 1 is 1.26 bits per heavy atom. The lowest BCUT2D eigenvalue weighted by molar-refractivity contribution is 0.547. The summed E-state index contributed by atoms with van der Waals surface area (Å²) in [6.45, 7) is 2.08. The Kier molecular flexibility index (Phi) is 3.35. The van der Waals surface area contributed by atoms with E-state index in [0.29, 0.717) is 0 Å². The predicted molar refractivity (Wildman–Crippen MR) is 81.0 cm³/mol. The molecule has 1 aromatic carbocycles. The van der Waals surface area contributed by atoms with Crippen LogP contribution in [-0.2, 0) is 6.42 Å². The van der Waals surface area contributed by atoms with Gasteiger partial charge in [-0.25, -0.2) is 0 Å². The Bertz CT molecular complexity index is 716. The van der Waals surface area contributed by atoms with Crippen LogP contribution in [0.3, 0.4) is 0 Å². The van der Waals surface area contributed by atoms with Crippen LogP contribution in [0.1, 0.15) is 29.2 Å². The van der Waals surface area contributed by atoms with Crippen molar-refractivity contribution in [3.8, 4) is 0 Å². The summed E-state index contributed by atoms with van der Waals surface area (Å²) in [5, 5.41) is 1.09. The van der Waals surface area contributed by atoms with E-state index in [0.717, 1.165) is 37.9 Å². The second kappa shape index (κ2) is 5.00. The fourth-order valence-electron chi connectivity index (χ4n) is 2.36. The number of para-hydroxylation sites is 1. The first-order chi connectivity index (χ1) is 9.20. The summed E-state index contributed by atoms with van der Waals surface area (Å²) in [6, 6.07) is 11.7. The quantitative estimate of drug-likeness (QED) is 0.756. The van der Waals surface area contributed by atoms with Crippen molar-refractivity contribution in [2.24, 2.45) is 5.73 Å². The van der Waals surface area contributed by atoms with Crippen molar-refractivity contribution in [1.82, 2.24) is 0 Å². The number of thiophene rings is 1. The molecule has 0 bridgehead atoms. The summed E-state index contributed by atoms with van der Waals surface area (Å²) < 4.78 is 6.65. The van der Waals surface area contributed by atoms with Crippen LogP contribution in [0.25, 0.3) is 11.0 Å². The van der Waals surface area contributed by atoms with Crippen LogP contribution in [-0.4, -0.2) is 0 Å². The third-order valence-electron chi connectivity index (χ3n) is 3.24. The van der Waals surface area contributed by atoms with Gasteiger partial charge in [-0.2, -0.15) is 0 Å². The second-order valence-electron chi connectivity index (χ2n) is 4.41. The minimum atomic E-state index is -0.184. The van der Waals surface area contributed by atoms with E-state index in [-0.39, 0.29) is 6.04 Å². The Labute approximate surface area is 120 Å². The number of benzene rings is 1. The van der Waals surface area contributed by atoms with Crippen LogP contribution in [0.15, 0.2) is 40.8 Å². The molecule has 0 saturated heterocycles. The van der Waals surface area contributed by atoms with Gasteiger partial charge in [-0.1, -0.05) is 36.7 Å². The number of aryl methyl sites for hydroxylation is 1. The molecule has 3 rings (SSSR count). The summed E-state index contributed by atoms with van der Waals surface area (Å²) in [4.78, 5) is 1.06. The summed E-state index contributed by atoms with van der Waals surface area (Å²) in [5.41, 5.74) is 8.38. The number of furan rings is 1. The van der Waals surface area contributed by atoms with Gasteiger partial charge in [-0.15, -0.1) is 11.3 Å². The standard InChI is InChI=1S/C15H14ClNOS/c1-2-10-14(9-5-3-4-6-11(9)18-10)15(17)12-7-8-13(16)19-12/h3-8,15H,2,17H2,1H3. The smallest absolute Gasteiger partial charge is 0.134 e. The van der Waals surface area contributed by atoms with Crippen LogP contribution < -0.4 is 5.73 Å². The van der Waals surface area contributed by atoms with Gasteiger partial charge in [0.25, 0.3) is 0 Å². The SMILES string of the molecule is CCc1oc2ccccc2c1C(N)c1ccc(Cl)s1. The summed E-state index contributed by atoms with van der Waals surface area (Å²) in [5.74, 6) is 0.957. The molecule has 0 aliphatic rings. The van der Waals surface area contributed by atoms with Gasteiger partial charge in [0, 0.05) is 22.2 Å². The predicted octanol–water partition coefficient (Wildman–Crippen LogP) is 4.76. The zero-order valence-corrected chi connectivity index (χ0v) is 12.1. The highest BCUT2D eigenvalue weighted by Gasteiger charge is 2.21. The van der Waals surface area contributed by atoms with Crippen molar-refractivity contribution < 1.29 is 4.42 Å². The fourth-order valence-corrected chi connectivity index (χ4v) is 3.43. The van der Waals surface area contributed by atoms with Gasteiger partial charge in [0.05, 0.1) is 10.4 Å². The summed E-state index contributed by atoms with van der Waals surface area (Å²) >= 11 is 7.52. The largest absolute Gasteiger partial charge is 0.461 e. The van der Waals surface area contributed by atoms with Gasteiger partial charge in [0.15, 0.2) is 0 Å².